The molecular formula is C22H27BrFO3-. The van der Waals surface area contributed by atoms with Crippen LogP contribution in [0, 0.1) is 5.92 Å². The number of carbonyl (C=O) groups is 1. The maximum Gasteiger partial charge on any atom is 0.149 e. The molecular weight excluding hydrogens is 411 g/mol. The van der Waals surface area contributed by atoms with Crippen molar-refractivity contribution in [2.24, 2.45) is 5.92 Å². The van der Waals surface area contributed by atoms with Gasteiger partial charge in [0.25, 0.3) is 0 Å². The van der Waals surface area contributed by atoms with Crippen molar-refractivity contribution in [1.82, 2.24) is 0 Å². The molecule has 1 aliphatic rings. The SMILES string of the molecule is C/C(=C(\F)C(=O)[O-])c1cc2c(c(Br)c1OC(C)C)C(C)(C)CC=C2C(C)C. The summed E-state index contributed by atoms with van der Waals surface area (Å²) < 4.78 is 21.0. The highest BCUT2D eigenvalue weighted by Crippen LogP contribution is 2.50. The van der Waals surface area contributed by atoms with E-state index in [9.17, 15) is 14.3 Å². The number of hydrogen-bond donors (Lipinski definition) is 0. The Labute approximate surface area is 169 Å². The molecule has 0 unspecified atom stereocenters. The second-order valence-corrected chi connectivity index (χ2v) is 9.08. The van der Waals surface area contributed by atoms with E-state index in [1.807, 2.05) is 19.9 Å². The van der Waals surface area contributed by atoms with E-state index in [0.717, 1.165) is 22.0 Å². The predicted molar refractivity (Wildman–Crippen MR) is 109 cm³/mol. The largest absolute Gasteiger partial charge is 0.542 e. The van der Waals surface area contributed by atoms with Crippen molar-refractivity contribution < 1.29 is 19.0 Å². The molecule has 0 N–H and O–H groups in total. The van der Waals surface area contributed by atoms with E-state index in [4.69, 9.17) is 4.74 Å². The van der Waals surface area contributed by atoms with Crippen molar-refractivity contribution >= 4 is 33.0 Å². The molecule has 1 aliphatic carbocycles. The summed E-state index contributed by atoms with van der Waals surface area (Å²) in [5.74, 6) is -2.35. The molecule has 27 heavy (non-hydrogen) atoms. The van der Waals surface area contributed by atoms with E-state index >= 15 is 0 Å². The lowest BCUT2D eigenvalue weighted by molar-refractivity contribution is -0.301. The minimum absolute atomic E-state index is 0.000589. The van der Waals surface area contributed by atoms with Crippen LogP contribution in [0.1, 0.15) is 71.6 Å². The van der Waals surface area contributed by atoms with Crippen LogP contribution in [0.25, 0.3) is 11.1 Å². The molecule has 0 spiro atoms. The molecule has 0 bridgehead atoms. The predicted octanol–water partition coefficient (Wildman–Crippen LogP) is 5.41. The van der Waals surface area contributed by atoms with Gasteiger partial charge in [-0.25, -0.2) is 4.39 Å². The van der Waals surface area contributed by atoms with Gasteiger partial charge in [-0.1, -0.05) is 33.8 Å². The maximum atomic E-state index is 14.2. The lowest BCUT2D eigenvalue weighted by Crippen LogP contribution is -2.25. The van der Waals surface area contributed by atoms with Crippen LogP contribution in [0.3, 0.4) is 0 Å². The van der Waals surface area contributed by atoms with Gasteiger partial charge in [-0.05, 0) is 82.8 Å². The average molecular weight is 438 g/mol. The Morgan fingerprint density at radius 3 is 2.37 bits per heavy atom. The van der Waals surface area contributed by atoms with Crippen molar-refractivity contribution in [1.29, 1.82) is 0 Å². The highest BCUT2D eigenvalue weighted by Gasteiger charge is 2.34. The number of benzene rings is 1. The number of carbonyl (C=O) groups excluding carboxylic acids is 1. The second-order valence-electron chi connectivity index (χ2n) is 8.29. The van der Waals surface area contributed by atoms with E-state index in [1.165, 1.54) is 12.5 Å². The molecule has 0 amide bonds. The van der Waals surface area contributed by atoms with Crippen LogP contribution in [0.2, 0.25) is 0 Å². The van der Waals surface area contributed by atoms with E-state index in [2.05, 4.69) is 49.7 Å². The molecule has 0 atom stereocenters. The Morgan fingerprint density at radius 2 is 1.89 bits per heavy atom. The van der Waals surface area contributed by atoms with Gasteiger partial charge in [0.1, 0.15) is 17.5 Å². The van der Waals surface area contributed by atoms with Crippen molar-refractivity contribution in [3.05, 3.63) is 39.1 Å². The highest BCUT2D eigenvalue weighted by molar-refractivity contribution is 9.10. The monoisotopic (exact) mass is 437 g/mol. The van der Waals surface area contributed by atoms with E-state index in [1.54, 1.807) is 0 Å². The first-order valence-electron chi connectivity index (χ1n) is 9.20. The van der Waals surface area contributed by atoms with Crippen LogP contribution < -0.4 is 9.84 Å². The molecule has 148 valence electrons. The fourth-order valence-corrected chi connectivity index (χ4v) is 4.60. The van der Waals surface area contributed by atoms with Crippen LogP contribution in [-0.4, -0.2) is 12.1 Å². The van der Waals surface area contributed by atoms with Gasteiger partial charge in [0.05, 0.1) is 10.6 Å². The van der Waals surface area contributed by atoms with Gasteiger partial charge in [0.2, 0.25) is 0 Å². The zero-order chi connectivity index (χ0) is 20.7. The normalized spacial score (nSPS) is 16.8. The fraction of sp³-hybridized carbons (Fsp3) is 0.500. The number of rotatable bonds is 5. The summed E-state index contributed by atoms with van der Waals surface area (Å²) >= 11 is 3.69. The van der Waals surface area contributed by atoms with Crippen LogP contribution in [0.4, 0.5) is 4.39 Å². The third-order valence-electron chi connectivity index (χ3n) is 4.93. The lowest BCUT2D eigenvalue weighted by atomic mass is 9.70. The Morgan fingerprint density at radius 1 is 1.30 bits per heavy atom. The summed E-state index contributed by atoms with van der Waals surface area (Å²) in [4.78, 5) is 11.1. The number of fused-ring (bicyclic) bond motifs is 1. The zero-order valence-corrected chi connectivity index (χ0v) is 18.6. The van der Waals surface area contributed by atoms with Gasteiger partial charge < -0.3 is 14.6 Å². The van der Waals surface area contributed by atoms with Gasteiger partial charge in [0.15, 0.2) is 0 Å². The van der Waals surface area contributed by atoms with Crippen molar-refractivity contribution in [2.75, 3.05) is 0 Å². The molecule has 0 saturated heterocycles. The standard InChI is InChI=1S/C22H28BrFO3/c1-11(2)14-8-9-22(6,7)17-16(14)10-15(13(5)19(24)21(25)26)20(18(17)23)27-12(3)4/h8,10-12H,9H2,1-7H3,(H,25,26)/p-1/b19-13+. The van der Waals surface area contributed by atoms with Crippen molar-refractivity contribution in [3.63, 3.8) is 0 Å². The number of aliphatic carboxylic acids is 1. The fourth-order valence-electron chi connectivity index (χ4n) is 3.55. The van der Waals surface area contributed by atoms with Crippen molar-refractivity contribution in [2.45, 2.75) is 66.4 Å². The number of halogens is 2. The molecule has 3 nitrogen and oxygen atoms in total. The molecule has 0 fully saturated rings. The van der Waals surface area contributed by atoms with Crippen LogP contribution in [0.15, 0.2) is 22.4 Å². The Hall–Kier alpha value is -1.62. The smallest absolute Gasteiger partial charge is 0.149 e. The summed E-state index contributed by atoms with van der Waals surface area (Å²) in [5.41, 5.74) is 3.58. The first-order chi connectivity index (χ1) is 12.4. The number of carboxylic acids is 1. The average Bonchev–Trinajstić information content (AvgIpc) is 2.54. The summed E-state index contributed by atoms with van der Waals surface area (Å²) in [5, 5.41) is 11.1. The van der Waals surface area contributed by atoms with Gasteiger partial charge >= 0.3 is 0 Å². The molecule has 1 aromatic rings. The van der Waals surface area contributed by atoms with Crippen LogP contribution in [-0.2, 0) is 10.2 Å². The van der Waals surface area contributed by atoms with Gasteiger partial charge in [-0.15, -0.1) is 0 Å². The molecule has 0 saturated carbocycles. The number of hydrogen-bond acceptors (Lipinski definition) is 3. The van der Waals surface area contributed by atoms with Crippen molar-refractivity contribution in [3.8, 4) is 5.75 Å². The quantitative estimate of drug-likeness (QED) is 0.578. The van der Waals surface area contributed by atoms with Crippen LogP contribution in [0.5, 0.6) is 5.75 Å². The summed E-state index contributed by atoms with van der Waals surface area (Å²) in [6, 6.07) is 1.86. The number of allylic oxidation sites excluding steroid dienone is 3. The molecule has 0 aliphatic heterocycles. The Bertz CT molecular complexity index is 832. The van der Waals surface area contributed by atoms with Gasteiger partial charge in [-0.2, -0.15) is 0 Å². The van der Waals surface area contributed by atoms with Gasteiger partial charge in [-0.3, -0.25) is 0 Å². The highest BCUT2D eigenvalue weighted by atomic mass is 79.9. The van der Waals surface area contributed by atoms with E-state index < -0.39 is 11.8 Å². The third kappa shape index (κ3) is 4.13. The zero-order valence-electron chi connectivity index (χ0n) is 17.0. The Kier molecular flexibility index (Phi) is 6.25. The molecule has 5 heteroatoms. The molecule has 2 rings (SSSR count). The third-order valence-corrected chi connectivity index (χ3v) is 5.69. The molecule has 1 aromatic carbocycles. The van der Waals surface area contributed by atoms with Gasteiger partial charge in [0, 0.05) is 5.56 Å². The maximum absolute atomic E-state index is 14.2. The lowest BCUT2D eigenvalue weighted by Gasteiger charge is -2.36. The summed E-state index contributed by atoms with van der Waals surface area (Å²) in [6.07, 6.45) is 2.96. The molecule has 0 aromatic heterocycles. The number of ether oxygens (including phenoxy) is 1. The summed E-state index contributed by atoms with van der Waals surface area (Å²) in [7, 11) is 0. The minimum atomic E-state index is -1.82. The summed E-state index contributed by atoms with van der Waals surface area (Å²) in [6.45, 7) is 13.8. The van der Waals surface area contributed by atoms with E-state index in [0.29, 0.717) is 11.3 Å². The molecule has 0 radical (unpaired) electrons. The second kappa shape index (κ2) is 7.78. The molecule has 0 heterocycles. The Balaban J connectivity index is 2.92. The minimum Gasteiger partial charge on any atom is -0.542 e. The van der Waals surface area contributed by atoms with Crippen LogP contribution >= 0.6 is 15.9 Å². The first-order valence-corrected chi connectivity index (χ1v) is 9.99. The van der Waals surface area contributed by atoms with E-state index in [-0.39, 0.29) is 23.0 Å². The first kappa shape index (κ1) is 21.7. The number of carboxylic acid groups (broad SMARTS) is 1. The topological polar surface area (TPSA) is 49.4 Å².